The first-order valence-corrected chi connectivity index (χ1v) is 18.0. The fourth-order valence-electron chi connectivity index (χ4n) is 6.27. The first kappa shape index (κ1) is 36.8. The Bertz CT molecular complexity index is 1200. The fraction of sp³-hybridized carbons (Fsp3) is 0.419. The molecule has 0 saturated heterocycles. The Morgan fingerprint density at radius 1 is 0.457 bits per heavy atom. The number of carboxylic acid groups (broad SMARTS) is 1. The van der Waals surface area contributed by atoms with Crippen molar-refractivity contribution in [2.24, 2.45) is 0 Å². The third kappa shape index (κ3) is 13.3. The van der Waals surface area contributed by atoms with E-state index in [0.29, 0.717) is 10.9 Å². The molecule has 0 fully saturated rings. The predicted molar refractivity (Wildman–Crippen MR) is 198 cm³/mol. The van der Waals surface area contributed by atoms with E-state index in [1.54, 1.807) is 0 Å². The van der Waals surface area contributed by atoms with E-state index in [0.717, 1.165) is 19.4 Å². The molecule has 3 nitrogen and oxygen atoms in total. The Balaban J connectivity index is 0.000000262. The molecule has 46 heavy (non-hydrogen) atoms. The van der Waals surface area contributed by atoms with Crippen molar-refractivity contribution in [3.8, 4) is 0 Å². The monoisotopic (exact) mass is 620 g/mol. The van der Waals surface area contributed by atoms with Crippen molar-refractivity contribution in [1.82, 2.24) is 4.48 Å². The summed E-state index contributed by atoms with van der Waals surface area (Å²) >= 11 is 0. The average molecular weight is 621 g/mol. The summed E-state index contributed by atoms with van der Waals surface area (Å²) in [6, 6.07) is 43.1. The van der Waals surface area contributed by atoms with E-state index < -0.39 is 5.97 Å². The SMILES string of the molecule is CCCCCCCCCCCCCCCCCC(=O)O.c1ccc(C[N+](c2ccccc2)(c2ccccc2)c2ccccc2)cc1. The minimum atomic E-state index is -0.653. The molecule has 0 unspecified atom stereocenters. The van der Waals surface area contributed by atoms with Crippen LogP contribution in [-0.4, -0.2) is 11.1 Å². The maximum absolute atomic E-state index is 10.3. The lowest BCUT2D eigenvalue weighted by atomic mass is 10.0. The number of rotatable bonds is 21. The molecule has 0 bridgehead atoms. The summed E-state index contributed by atoms with van der Waals surface area (Å²) in [5, 5.41) is 8.52. The number of hydrogen-bond donors (Lipinski definition) is 1. The third-order valence-corrected chi connectivity index (χ3v) is 8.85. The normalized spacial score (nSPS) is 11.1. The molecule has 246 valence electrons. The molecule has 0 saturated carbocycles. The molecule has 4 aromatic carbocycles. The van der Waals surface area contributed by atoms with Gasteiger partial charge in [-0.1, -0.05) is 182 Å². The van der Waals surface area contributed by atoms with E-state index in [-0.39, 0.29) is 0 Å². The second kappa shape index (κ2) is 22.8. The van der Waals surface area contributed by atoms with Gasteiger partial charge in [-0.05, 0) is 42.8 Å². The molecule has 0 spiro atoms. The lowest BCUT2D eigenvalue weighted by Gasteiger charge is -2.37. The summed E-state index contributed by atoms with van der Waals surface area (Å²) in [7, 11) is 0. The first-order valence-electron chi connectivity index (χ1n) is 18.0. The number of nitrogens with zero attached hydrogens (tertiary/aromatic N) is 1. The summed E-state index contributed by atoms with van der Waals surface area (Å²) in [6.45, 7) is 3.13. The largest absolute Gasteiger partial charge is 0.481 e. The van der Waals surface area contributed by atoms with E-state index in [9.17, 15) is 4.79 Å². The lowest BCUT2D eigenvalue weighted by molar-refractivity contribution is -0.137. The smallest absolute Gasteiger partial charge is 0.303 e. The van der Waals surface area contributed by atoms with Crippen molar-refractivity contribution in [1.29, 1.82) is 0 Å². The molecule has 0 aliphatic carbocycles. The molecule has 0 aliphatic rings. The van der Waals surface area contributed by atoms with Gasteiger partial charge in [-0.2, -0.15) is 0 Å². The van der Waals surface area contributed by atoms with Gasteiger partial charge < -0.3 is 5.11 Å². The summed E-state index contributed by atoms with van der Waals surface area (Å²) < 4.78 is 0.659. The van der Waals surface area contributed by atoms with Gasteiger partial charge in [0.1, 0.15) is 23.6 Å². The van der Waals surface area contributed by atoms with Crippen LogP contribution < -0.4 is 4.48 Å². The molecule has 4 aromatic rings. The van der Waals surface area contributed by atoms with Crippen LogP contribution >= 0.6 is 0 Å². The highest BCUT2D eigenvalue weighted by Crippen LogP contribution is 2.45. The number of unbranched alkanes of at least 4 members (excludes halogenated alkanes) is 14. The van der Waals surface area contributed by atoms with Crippen molar-refractivity contribution in [3.05, 3.63) is 127 Å². The van der Waals surface area contributed by atoms with Crippen LogP contribution in [0.4, 0.5) is 17.1 Å². The van der Waals surface area contributed by atoms with Crippen LogP contribution in [0.3, 0.4) is 0 Å². The molecular weight excluding hydrogens is 562 g/mol. The highest BCUT2D eigenvalue weighted by atomic mass is 16.4. The summed E-state index contributed by atoms with van der Waals surface area (Å²) in [6.07, 6.45) is 20.2. The van der Waals surface area contributed by atoms with Gasteiger partial charge in [0, 0.05) is 12.0 Å². The van der Waals surface area contributed by atoms with E-state index >= 15 is 0 Å². The van der Waals surface area contributed by atoms with Crippen molar-refractivity contribution in [3.63, 3.8) is 0 Å². The standard InChI is InChI=1S/C25H22N.C18H36O2/c1-5-13-22(14-6-1)21-26(23-15-7-2-8-16-23,24-17-9-3-10-18-24)25-19-11-4-12-20-25;1-2-3-4-5-6-7-8-9-10-11-12-13-14-15-16-17-18(19)20/h1-20H,21H2;2-17H2,1H3,(H,19,20)/q+1;. The van der Waals surface area contributed by atoms with Gasteiger partial charge in [-0.3, -0.25) is 4.79 Å². The Kier molecular flexibility index (Phi) is 18.2. The van der Waals surface area contributed by atoms with Crippen molar-refractivity contribution < 1.29 is 9.90 Å². The third-order valence-electron chi connectivity index (χ3n) is 8.85. The molecule has 0 aromatic heterocycles. The van der Waals surface area contributed by atoms with Crippen molar-refractivity contribution >= 4 is 23.0 Å². The van der Waals surface area contributed by atoms with Gasteiger partial charge in [0.2, 0.25) is 0 Å². The number of carboxylic acids is 1. The zero-order valence-electron chi connectivity index (χ0n) is 28.4. The number of benzene rings is 4. The maximum atomic E-state index is 10.3. The minimum absolute atomic E-state index is 0.345. The van der Waals surface area contributed by atoms with Gasteiger partial charge in [0.25, 0.3) is 0 Å². The molecule has 0 amide bonds. The van der Waals surface area contributed by atoms with Gasteiger partial charge in [-0.15, -0.1) is 0 Å². The van der Waals surface area contributed by atoms with Crippen LogP contribution in [0.5, 0.6) is 0 Å². The molecule has 0 radical (unpaired) electrons. The molecular formula is C43H58NO2+. The molecule has 1 N–H and O–H groups in total. The Morgan fingerprint density at radius 2 is 0.761 bits per heavy atom. The number of aliphatic carboxylic acids is 1. The highest BCUT2D eigenvalue weighted by Gasteiger charge is 2.36. The fourth-order valence-corrected chi connectivity index (χ4v) is 6.27. The van der Waals surface area contributed by atoms with Crippen LogP contribution in [0.25, 0.3) is 0 Å². The Morgan fingerprint density at radius 3 is 1.09 bits per heavy atom. The molecule has 0 heterocycles. The topological polar surface area (TPSA) is 37.3 Å². The van der Waals surface area contributed by atoms with E-state index in [4.69, 9.17) is 5.11 Å². The number of carbonyl (C=O) groups is 1. The van der Waals surface area contributed by atoms with Crippen molar-refractivity contribution in [2.75, 3.05) is 0 Å². The summed E-state index contributed by atoms with van der Waals surface area (Å²) in [4.78, 5) is 10.3. The quantitative estimate of drug-likeness (QED) is 0.0743. The van der Waals surface area contributed by atoms with Crippen LogP contribution in [0.1, 0.15) is 115 Å². The highest BCUT2D eigenvalue weighted by molar-refractivity contribution is 5.71. The second-order valence-electron chi connectivity index (χ2n) is 12.6. The van der Waals surface area contributed by atoms with Gasteiger partial charge >= 0.3 is 5.97 Å². The van der Waals surface area contributed by atoms with Gasteiger partial charge in [0.05, 0.1) is 0 Å². The Hall–Kier alpha value is -3.69. The number of quaternary nitrogens is 1. The molecule has 0 atom stereocenters. The average Bonchev–Trinajstić information content (AvgIpc) is 3.11. The zero-order chi connectivity index (χ0) is 32.5. The van der Waals surface area contributed by atoms with E-state index in [1.165, 1.54) is 106 Å². The number of hydrogen-bond acceptors (Lipinski definition) is 1. The molecule has 0 aliphatic heterocycles. The van der Waals surface area contributed by atoms with Crippen molar-refractivity contribution in [2.45, 2.75) is 116 Å². The predicted octanol–water partition coefficient (Wildman–Crippen LogP) is 13.2. The lowest BCUT2D eigenvalue weighted by Crippen LogP contribution is -2.38. The first-order chi connectivity index (χ1) is 22.7. The minimum Gasteiger partial charge on any atom is -0.481 e. The van der Waals surface area contributed by atoms with E-state index in [1.807, 2.05) is 0 Å². The Labute approximate surface area is 279 Å². The van der Waals surface area contributed by atoms with Crippen LogP contribution in [-0.2, 0) is 11.3 Å². The molecule has 3 heteroatoms. The summed E-state index contributed by atoms with van der Waals surface area (Å²) in [5.41, 5.74) is 5.08. The zero-order valence-corrected chi connectivity index (χ0v) is 28.4. The van der Waals surface area contributed by atoms with Crippen LogP contribution in [0.2, 0.25) is 0 Å². The van der Waals surface area contributed by atoms with E-state index in [2.05, 4.69) is 128 Å². The van der Waals surface area contributed by atoms with Gasteiger partial charge in [-0.25, -0.2) is 4.48 Å². The molecule has 4 rings (SSSR count). The maximum Gasteiger partial charge on any atom is 0.303 e. The van der Waals surface area contributed by atoms with Gasteiger partial charge in [0.15, 0.2) is 0 Å². The van der Waals surface area contributed by atoms with Crippen LogP contribution in [0.15, 0.2) is 121 Å². The second-order valence-corrected chi connectivity index (χ2v) is 12.6. The van der Waals surface area contributed by atoms with Crippen LogP contribution in [0, 0.1) is 0 Å². The number of para-hydroxylation sites is 3. The summed E-state index contributed by atoms with van der Waals surface area (Å²) in [5.74, 6) is -0.653.